The Kier molecular flexibility index (Phi) is 3.58. The lowest BCUT2D eigenvalue weighted by Gasteiger charge is -1.99. The van der Waals surface area contributed by atoms with Crippen molar-refractivity contribution >= 4 is 7.28 Å². The van der Waals surface area contributed by atoms with Crippen LogP contribution in [0.3, 0.4) is 0 Å². The Bertz CT molecular complexity index is 78.6. The second-order valence-corrected chi connectivity index (χ2v) is 2.20. The maximum Gasteiger partial charge on any atom is 0.151 e. The molecule has 0 spiro atoms. The lowest BCUT2D eigenvalue weighted by atomic mass is 9.61. The van der Waals surface area contributed by atoms with E-state index in [1.54, 1.807) is 0 Å². The fourth-order valence-corrected chi connectivity index (χ4v) is 0.516. The average molecular weight is 113 g/mol. The van der Waals surface area contributed by atoms with Crippen LogP contribution in [0.4, 0.5) is 4.39 Å². The molecule has 8 heavy (non-hydrogen) atoms. The number of alkyl halides is 1. The van der Waals surface area contributed by atoms with Crippen LogP contribution in [0.2, 0.25) is 5.82 Å². The first-order chi connectivity index (χ1) is 3.66. The maximum atomic E-state index is 11.6. The Morgan fingerprint density at radius 2 is 2.25 bits per heavy atom. The van der Waals surface area contributed by atoms with E-state index in [9.17, 15) is 4.39 Å². The first-order valence-corrected chi connectivity index (χ1v) is 2.75. The predicted molar refractivity (Wildman–Crippen MR) is 36.0 cm³/mol. The van der Waals surface area contributed by atoms with Crippen LogP contribution in [0, 0.1) is 0 Å². The molecule has 0 aromatic rings. The molecule has 0 unspecified atom stereocenters. The first-order valence-electron chi connectivity index (χ1n) is 2.75. The monoisotopic (exact) mass is 113 g/mol. The van der Waals surface area contributed by atoms with Crippen LogP contribution in [-0.4, -0.2) is 14.0 Å². The molecule has 0 saturated heterocycles. The molecule has 0 heterocycles. The van der Waals surface area contributed by atoms with Gasteiger partial charge in [-0.15, -0.1) is 6.58 Å². The van der Waals surface area contributed by atoms with Crippen molar-refractivity contribution < 1.29 is 4.39 Å². The number of hydrogen-bond donors (Lipinski definition) is 0. The van der Waals surface area contributed by atoms with Crippen molar-refractivity contribution in [3.63, 3.8) is 0 Å². The predicted octanol–water partition coefficient (Wildman–Crippen LogP) is 2.00. The van der Waals surface area contributed by atoms with E-state index in [0.717, 1.165) is 0 Å². The van der Waals surface area contributed by atoms with Crippen molar-refractivity contribution in [3.8, 4) is 0 Å². The molecular weight excluding hydrogens is 102 g/mol. The topological polar surface area (TPSA) is 0 Å². The van der Waals surface area contributed by atoms with Gasteiger partial charge in [-0.3, -0.25) is 0 Å². The van der Waals surface area contributed by atoms with Gasteiger partial charge in [-0.1, -0.05) is 25.1 Å². The van der Waals surface area contributed by atoms with E-state index in [4.69, 9.17) is 0 Å². The summed E-state index contributed by atoms with van der Waals surface area (Å²) >= 11 is 0. The van der Waals surface area contributed by atoms with E-state index in [1.165, 1.54) is 0 Å². The van der Waals surface area contributed by atoms with Gasteiger partial charge in [0.2, 0.25) is 0 Å². The molecule has 0 amide bonds. The molecule has 0 aliphatic rings. The third kappa shape index (κ3) is 3.91. The largest absolute Gasteiger partial charge is 0.247 e. The molecule has 0 rings (SSSR count). The minimum Gasteiger partial charge on any atom is -0.247 e. The third-order valence-corrected chi connectivity index (χ3v) is 0.741. The Morgan fingerprint density at radius 3 is 2.38 bits per heavy atom. The van der Waals surface area contributed by atoms with E-state index in [2.05, 4.69) is 6.58 Å². The van der Waals surface area contributed by atoms with Crippen molar-refractivity contribution in [2.24, 2.45) is 0 Å². The molecule has 0 aliphatic heterocycles. The molecule has 2 heteroatoms. The van der Waals surface area contributed by atoms with Crippen LogP contribution < -0.4 is 0 Å². The fourth-order valence-electron chi connectivity index (χ4n) is 0.516. The molecule has 0 nitrogen and oxygen atoms in total. The second-order valence-electron chi connectivity index (χ2n) is 2.20. The lowest BCUT2D eigenvalue weighted by Crippen LogP contribution is -2.00. The van der Waals surface area contributed by atoms with Crippen LogP contribution in [0.5, 0.6) is 0 Å². The van der Waals surface area contributed by atoms with Crippen LogP contribution >= 0.6 is 0 Å². The molecule has 0 aliphatic carbocycles. The summed E-state index contributed by atoms with van der Waals surface area (Å²) in [6, 6.07) is 0. The SMILES string of the molecule is C=C([B]C(C)C)CF. The number of allylic oxidation sites excluding steroid dienone is 1. The van der Waals surface area contributed by atoms with Crippen molar-refractivity contribution in [2.75, 3.05) is 6.67 Å². The Morgan fingerprint density at radius 1 is 1.75 bits per heavy atom. The lowest BCUT2D eigenvalue weighted by molar-refractivity contribution is 0.555. The summed E-state index contributed by atoms with van der Waals surface area (Å²) in [4.78, 5) is 0. The standard InChI is InChI=1S/C6H11BF/c1-5(2)7-6(3)4-8/h5H,3-4H2,1-2H3. The molecule has 45 valence electrons. The summed E-state index contributed by atoms with van der Waals surface area (Å²) in [6.07, 6.45) is 0. The van der Waals surface area contributed by atoms with Gasteiger partial charge < -0.3 is 0 Å². The van der Waals surface area contributed by atoms with E-state index in [1.807, 2.05) is 21.1 Å². The van der Waals surface area contributed by atoms with Crippen LogP contribution in [0.25, 0.3) is 0 Å². The van der Waals surface area contributed by atoms with Crippen molar-refractivity contribution in [1.29, 1.82) is 0 Å². The Hall–Kier alpha value is -0.265. The number of hydrogen-bond acceptors (Lipinski definition) is 0. The van der Waals surface area contributed by atoms with Gasteiger partial charge in [0.1, 0.15) is 6.67 Å². The van der Waals surface area contributed by atoms with Gasteiger partial charge >= 0.3 is 0 Å². The molecule has 0 aromatic carbocycles. The fraction of sp³-hybridized carbons (Fsp3) is 0.667. The zero-order chi connectivity index (χ0) is 6.57. The van der Waals surface area contributed by atoms with Gasteiger partial charge in [-0.05, 0) is 0 Å². The van der Waals surface area contributed by atoms with E-state index < -0.39 is 6.67 Å². The summed E-state index contributed by atoms with van der Waals surface area (Å²) in [5.41, 5.74) is 0.583. The molecule has 0 N–H and O–H groups in total. The highest BCUT2D eigenvalue weighted by Crippen LogP contribution is 2.02. The molecule has 1 radical (unpaired) electrons. The molecular formula is C6H11BF. The molecule has 0 bridgehead atoms. The molecule has 0 saturated carbocycles. The Labute approximate surface area is 51.0 Å². The highest BCUT2D eigenvalue weighted by Gasteiger charge is 1.98. The number of halogens is 1. The van der Waals surface area contributed by atoms with Gasteiger partial charge in [-0.2, -0.15) is 0 Å². The summed E-state index contributed by atoms with van der Waals surface area (Å²) in [5.74, 6) is 0.415. The van der Waals surface area contributed by atoms with Gasteiger partial charge in [0, 0.05) is 0 Å². The van der Waals surface area contributed by atoms with Gasteiger partial charge in [-0.25, -0.2) is 4.39 Å². The minimum absolute atomic E-state index is 0.415. The van der Waals surface area contributed by atoms with Crippen LogP contribution in [0.15, 0.2) is 12.1 Å². The third-order valence-electron chi connectivity index (χ3n) is 0.741. The zero-order valence-electron chi connectivity index (χ0n) is 5.45. The summed E-state index contributed by atoms with van der Waals surface area (Å²) in [7, 11) is 1.82. The minimum atomic E-state index is -0.418. The zero-order valence-corrected chi connectivity index (χ0v) is 5.45. The average Bonchev–Trinajstić information content (AvgIpc) is 1.65. The normalized spacial score (nSPS) is 9.50. The summed E-state index contributed by atoms with van der Waals surface area (Å²) in [6.45, 7) is 7.07. The highest BCUT2D eigenvalue weighted by atomic mass is 19.1. The van der Waals surface area contributed by atoms with Crippen molar-refractivity contribution in [1.82, 2.24) is 0 Å². The van der Waals surface area contributed by atoms with E-state index in [0.29, 0.717) is 11.3 Å². The van der Waals surface area contributed by atoms with E-state index >= 15 is 0 Å². The highest BCUT2D eigenvalue weighted by molar-refractivity contribution is 6.46. The maximum absolute atomic E-state index is 11.6. The molecule has 0 atom stereocenters. The van der Waals surface area contributed by atoms with Crippen LogP contribution in [-0.2, 0) is 0 Å². The Balaban J connectivity index is 3.25. The quantitative estimate of drug-likeness (QED) is 0.491. The molecule has 0 fully saturated rings. The van der Waals surface area contributed by atoms with Crippen LogP contribution in [0.1, 0.15) is 13.8 Å². The van der Waals surface area contributed by atoms with Crippen molar-refractivity contribution in [2.45, 2.75) is 19.7 Å². The van der Waals surface area contributed by atoms with Gasteiger partial charge in [0.15, 0.2) is 7.28 Å². The first kappa shape index (κ1) is 7.73. The number of rotatable bonds is 3. The smallest absolute Gasteiger partial charge is 0.151 e. The van der Waals surface area contributed by atoms with E-state index in [-0.39, 0.29) is 0 Å². The second kappa shape index (κ2) is 3.70. The molecule has 0 aromatic heterocycles. The van der Waals surface area contributed by atoms with Gasteiger partial charge in [0.05, 0.1) is 0 Å². The van der Waals surface area contributed by atoms with Gasteiger partial charge in [0.25, 0.3) is 0 Å². The summed E-state index contributed by atoms with van der Waals surface area (Å²) < 4.78 is 11.6. The van der Waals surface area contributed by atoms with Crippen molar-refractivity contribution in [3.05, 3.63) is 12.1 Å². The summed E-state index contributed by atoms with van der Waals surface area (Å²) in [5, 5.41) is 0.